The van der Waals surface area contributed by atoms with Gasteiger partial charge in [-0.1, -0.05) is 6.07 Å². The van der Waals surface area contributed by atoms with Gasteiger partial charge in [0, 0.05) is 24.9 Å². The van der Waals surface area contributed by atoms with Crippen molar-refractivity contribution < 1.29 is 23.7 Å². The molecule has 8 heteroatoms. The minimum atomic E-state index is -0.727. The smallest absolute Gasteiger partial charge is 0.308 e. The highest BCUT2D eigenvalue weighted by atomic mass is 16.8. The van der Waals surface area contributed by atoms with Gasteiger partial charge in [0.1, 0.15) is 30.3 Å². The minimum absolute atomic E-state index is 0.0267. The molecule has 0 N–H and O–H groups in total. The molecule has 0 radical (unpaired) electrons. The number of fused-ring (bicyclic) bond motifs is 2. The van der Waals surface area contributed by atoms with Crippen molar-refractivity contribution in [2.45, 2.75) is 71.2 Å². The maximum absolute atomic E-state index is 11.6. The van der Waals surface area contributed by atoms with Crippen LogP contribution in [0.2, 0.25) is 0 Å². The van der Waals surface area contributed by atoms with Gasteiger partial charge in [-0.05, 0) is 51.5 Å². The van der Waals surface area contributed by atoms with Gasteiger partial charge in [0.2, 0.25) is 0 Å². The molecule has 2 aromatic heterocycles. The highest BCUT2D eigenvalue weighted by molar-refractivity contribution is 5.78. The zero-order valence-corrected chi connectivity index (χ0v) is 18.9. The number of rotatable bonds is 4. The molecule has 2 aliphatic rings. The molecule has 2 fully saturated rings. The average molecular weight is 437 g/mol. The second kappa shape index (κ2) is 7.56. The summed E-state index contributed by atoms with van der Waals surface area (Å²) in [5.74, 6) is -0.197. The molecule has 3 heterocycles. The van der Waals surface area contributed by atoms with Crippen molar-refractivity contribution in [2.75, 3.05) is 0 Å². The van der Waals surface area contributed by atoms with Crippen LogP contribution in [0.25, 0.3) is 11.0 Å². The Labute approximate surface area is 186 Å². The zero-order chi connectivity index (χ0) is 22.6. The maximum atomic E-state index is 11.6. The summed E-state index contributed by atoms with van der Waals surface area (Å²) in [5, 5.41) is 1.02. The topological polar surface area (TPSA) is 84.7 Å². The van der Waals surface area contributed by atoms with Crippen molar-refractivity contribution in [3.8, 4) is 11.5 Å². The molecule has 168 valence electrons. The largest absolute Gasteiger partial charge is 0.484 e. The summed E-state index contributed by atoms with van der Waals surface area (Å²) >= 11 is 0. The van der Waals surface area contributed by atoms with Gasteiger partial charge in [0.15, 0.2) is 17.3 Å². The van der Waals surface area contributed by atoms with Gasteiger partial charge >= 0.3 is 5.97 Å². The lowest BCUT2D eigenvalue weighted by molar-refractivity contribution is -0.163. The highest BCUT2D eigenvalue weighted by Crippen LogP contribution is 2.47. The van der Waals surface area contributed by atoms with Crippen molar-refractivity contribution in [1.82, 2.24) is 14.5 Å². The summed E-state index contributed by atoms with van der Waals surface area (Å²) in [6.45, 7) is 9.12. The third-order valence-corrected chi connectivity index (χ3v) is 6.08. The Morgan fingerprint density at radius 2 is 1.91 bits per heavy atom. The number of carbonyl (C=O) groups is 1. The Morgan fingerprint density at radius 3 is 2.69 bits per heavy atom. The lowest BCUT2D eigenvalue weighted by Crippen LogP contribution is -2.33. The van der Waals surface area contributed by atoms with Gasteiger partial charge < -0.3 is 23.5 Å². The molecule has 4 atom stereocenters. The van der Waals surface area contributed by atoms with Gasteiger partial charge in [-0.3, -0.25) is 4.79 Å². The molecule has 1 saturated heterocycles. The van der Waals surface area contributed by atoms with E-state index >= 15 is 0 Å². The van der Waals surface area contributed by atoms with Crippen LogP contribution >= 0.6 is 0 Å². The number of nitrogens with zero attached hydrogens (tertiary/aromatic N) is 3. The van der Waals surface area contributed by atoms with Gasteiger partial charge in [-0.25, -0.2) is 9.97 Å². The van der Waals surface area contributed by atoms with E-state index in [4.69, 9.17) is 18.9 Å². The molecule has 1 aliphatic heterocycles. The standard InChI is InChI=1S/C24H27N3O5/c1-13-6-7-18(19(10-13)29-15(3)28)30-20-11-17(21-22(20)32-24(4,5)31-21)27-9-8-16-14(2)25-12-26-23(16)27/h6-10,12,17,20-22H,11H2,1-5H3/t17-,20+,21+,22-/m1/s1. The highest BCUT2D eigenvalue weighted by Gasteiger charge is 2.56. The fourth-order valence-electron chi connectivity index (χ4n) is 4.77. The van der Waals surface area contributed by atoms with Crippen LogP contribution in [-0.2, 0) is 14.3 Å². The Bertz CT molecular complexity index is 1190. The molecule has 0 spiro atoms. The van der Waals surface area contributed by atoms with E-state index in [1.54, 1.807) is 12.4 Å². The molecule has 0 amide bonds. The summed E-state index contributed by atoms with van der Waals surface area (Å²) in [6, 6.07) is 7.57. The first-order valence-corrected chi connectivity index (χ1v) is 10.8. The van der Waals surface area contributed by atoms with Crippen LogP contribution in [0.5, 0.6) is 11.5 Å². The summed E-state index contributed by atoms with van der Waals surface area (Å²) in [5.41, 5.74) is 2.78. The van der Waals surface area contributed by atoms with Crippen LogP contribution in [0, 0.1) is 13.8 Å². The second-order valence-corrected chi connectivity index (χ2v) is 8.99. The van der Waals surface area contributed by atoms with Gasteiger partial charge in [0.05, 0.1) is 11.7 Å². The summed E-state index contributed by atoms with van der Waals surface area (Å²) in [4.78, 5) is 20.4. The Kier molecular flexibility index (Phi) is 4.94. The first-order chi connectivity index (χ1) is 15.2. The molecule has 1 saturated carbocycles. The molecule has 0 unspecified atom stereocenters. The van der Waals surface area contributed by atoms with E-state index in [1.165, 1.54) is 6.92 Å². The number of hydrogen-bond donors (Lipinski definition) is 0. The number of benzene rings is 1. The van der Waals surface area contributed by atoms with Crippen LogP contribution in [0.3, 0.4) is 0 Å². The number of carbonyl (C=O) groups excluding carboxylic acids is 1. The molecule has 1 aliphatic carbocycles. The zero-order valence-electron chi connectivity index (χ0n) is 18.9. The second-order valence-electron chi connectivity index (χ2n) is 8.99. The Hall–Kier alpha value is -2.97. The predicted molar refractivity (Wildman–Crippen MR) is 117 cm³/mol. The van der Waals surface area contributed by atoms with Gasteiger partial charge in [-0.2, -0.15) is 0 Å². The maximum Gasteiger partial charge on any atom is 0.308 e. The van der Waals surface area contributed by atoms with Crippen molar-refractivity contribution in [1.29, 1.82) is 0 Å². The average Bonchev–Trinajstić information content (AvgIpc) is 3.36. The first-order valence-electron chi connectivity index (χ1n) is 10.8. The molecule has 8 nitrogen and oxygen atoms in total. The number of ether oxygens (including phenoxy) is 4. The van der Waals surface area contributed by atoms with E-state index in [2.05, 4.69) is 14.5 Å². The SMILES string of the molecule is CC(=O)Oc1cc(C)ccc1O[C@H]1C[C@@H](n2ccc3c(C)ncnc32)[C@@H]2OC(C)(C)O[C@@H]21. The first kappa shape index (κ1) is 20.9. The van der Waals surface area contributed by atoms with Crippen molar-refractivity contribution in [3.63, 3.8) is 0 Å². The lowest BCUT2D eigenvalue weighted by atomic mass is 10.2. The van der Waals surface area contributed by atoms with E-state index < -0.39 is 11.8 Å². The molecule has 3 aromatic rings. The van der Waals surface area contributed by atoms with Crippen molar-refractivity contribution >= 4 is 17.0 Å². The lowest BCUT2D eigenvalue weighted by Gasteiger charge is -2.25. The van der Waals surface area contributed by atoms with E-state index in [1.807, 2.05) is 52.1 Å². The van der Waals surface area contributed by atoms with Crippen LogP contribution < -0.4 is 9.47 Å². The fraction of sp³-hybridized carbons (Fsp3) is 0.458. The normalized spacial score (nSPS) is 26.3. The number of hydrogen-bond acceptors (Lipinski definition) is 7. The van der Waals surface area contributed by atoms with Gasteiger partial charge in [-0.15, -0.1) is 0 Å². The monoisotopic (exact) mass is 437 g/mol. The third kappa shape index (κ3) is 3.63. The van der Waals surface area contributed by atoms with E-state index in [0.29, 0.717) is 17.9 Å². The van der Waals surface area contributed by atoms with Crippen molar-refractivity contribution in [3.05, 3.63) is 48.0 Å². The summed E-state index contributed by atoms with van der Waals surface area (Å²) < 4.78 is 26.5. The summed E-state index contributed by atoms with van der Waals surface area (Å²) in [7, 11) is 0. The molecular weight excluding hydrogens is 410 g/mol. The number of aromatic nitrogens is 3. The molecule has 1 aromatic carbocycles. The quantitative estimate of drug-likeness (QED) is 0.452. The fourth-order valence-corrected chi connectivity index (χ4v) is 4.77. The Balaban J connectivity index is 1.50. The van der Waals surface area contributed by atoms with Crippen LogP contribution in [-0.4, -0.2) is 44.6 Å². The van der Waals surface area contributed by atoms with Crippen LogP contribution in [0.1, 0.15) is 44.5 Å². The van der Waals surface area contributed by atoms with Crippen LogP contribution in [0.4, 0.5) is 0 Å². The number of esters is 1. The number of aryl methyl sites for hydroxylation is 2. The summed E-state index contributed by atoms with van der Waals surface area (Å²) in [6.07, 6.45) is 3.50. The molecule has 5 rings (SSSR count). The molecule has 32 heavy (non-hydrogen) atoms. The van der Waals surface area contributed by atoms with Gasteiger partial charge in [0.25, 0.3) is 0 Å². The minimum Gasteiger partial charge on any atom is -0.484 e. The Morgan fingerprint density at radius 1 is 1.12 bits per heavy atom. The van der Waals surface area contributed by atoms with E-state index in [9.17, 15) is 4.79 Å². The van der Waals surface area contributed by atoms with E-state index in [0.717, 1.165) is 22.3 Å². The predicted octanol–water partition coefficient (Wildman–Crippen LogP) is 3.89. The van der Waals surface area contributed by atoms with E-state index in [-0.39, 0.29) is 24.4 Å². The molecule has 0 bridgehead atoms. The molecular formula is C24H27N3O5. The third-order valence-electron chi connectivity index (χ3n) is 6.08. The van der Waals surface area contributed by atoms with Crippen molar-refractivity contribution in [2.24, 2.45) is 0 Å². The van der Waals surface area contributed by atoms with Crippen LogP contribution in [0.15, 0.2) is 36.8 Å².